The first-order valence-electron chi connectivity index (χ1n) is 43.7. The maximum absolute atomic E-state index is 13.1. The molecule has 0 amide bonds. The first-order chi connectivity index (χ1) is 50.1. The summed E-state index contributed by atoms with van der Waals surface area (Å²) in [5, 5.41) is 10.7. The zero-order chi connectivity index (χ0) is 76.7. The highest BCUT2D eigenvalue weighted by Crippen LogP contribution is 2.45. The summed E-state index contributed by atoms with van der Waals surface area (Å²) in [5.41, 5.74) is 0. The molecule has 618 valence electrons. The maximum Gasteiger partial charge on any atom is 0.472 e. The van der Waals surface area contributed by atoms with E-state index < -0.39 is 97.5 Å². The minimum absolute atomic E-state index is 0.106. The van der Waals surface area contributed by atoms with Crippen molar-refractivity contribution in [2.45, 2.75) is 459 Å². The van der Waals surface area contributed by atoms with Crippen LogP contribution in [0.1, 0.15) is 441 Å². The molecule has 0 aliphatic heterocycles. The van der Waals surface area contributed by atoms with Gasteiger partial charge in [-0.05, 0) is 49.4 Å². The quantitative estimate of drug-likeness (QED) is 0.0222. The Morgan fingerprint density at radius 3 is 0.683 bits per heavy atom. The van der Waals surface area contributed by atoms with Gasteiger partial charge in [0.2, 0.25) is 0 Å². The lowest BCUT2D eigenvalue weighted by Gasteiger charge is -2.21. The standard InChI is InChI=1S/C85H166O17P2/c1-9-78(8)64-56-48-39-33-27-21-16-17-23-29-35-41-51-59-67-85(90)102-81(72-96-83(88)66-58-50-44-43-47-55-63-77(6)7)74-100-104(93,94)98-70-79(86)69-97-103(91,92)99-73-80(101-84(89)68-60-52-42-36-30-24-18-20-26-32-38-46-54-62-76(4)5)71-95-82(87)65-57-49-40-34-28-22-15-13-11-10-12-14-19-25-31-37-45-53-61-75(2)3/h75-81,86H,9-74H2,1-8H3,(H,91,92)(H,93,94)/t78?,79-,80-,81-/m1/s1. The third-order valence-corrected chi connectivity index (χ3v) is 22.1. The van der Waals surface area contributed by atoms with Crippen molar-refractivity contribution in [1.82, 2.24) is 0 Å². The second-order valence-electron chi connectivity index (χ2n) is 32.2. The van der Waals surface area contributed by atoms with Crippen molar-refractivity contribution in [3.05, 3.63) is 0 Å². The molecule has 0 aliphatic rings. The Balaban J connectivity index is 5.20. The molecule has 19 heteroatoms. The van der Waals surface area contributed by atoms with E-state index in [1.54, 1.807) is 0 Å². The zero-order valence-corrected chi connectivity index (χ0v) is 70.5. The fourth-order valence-corrected chi connectivity index (χ4v) is 14.7. The number of ether oxygens (including phenoxy) is 4. The fourth-order valence-electron chi connectivity index (χ4n) is 13.1. The molecule has 0 aliphatic carbocycles. The van der Waals surface area contributed by atoms with Crippen LogP contribution in [-0.2, 0) is 65.4 Å². The van der Waals surface area contributed by atoms with Gasteiger partial charge >= 0.3 is 39.5 Å². The number of esters is 4. The van der Waals surface area contributed by atoms with Crippen LogP contribution in [-0.4, -0.2) is 96.7 Å². The van der Waals surface area contributed by atoms with Gasteiger partial charge in [-0.25, -0.2) is 9.13 Å². The SMILES string of the molecule is CCC(C)CCCCCCCCCCCCCCCCC(=O)O[C@H](COC(=O)CCCCCCCCC(C)C)COP(=O)(O)OC[C@H](O)COP(=O)(O)OC[C@@H](COC(=O)CCCCCCCCCCCCCCCCCCCCC(C)C)OC(=O)CCCCCCCCCCCCCCCC(C)C. The summed E-state index contributed by atoms with van der Waals surface area (Å²) in [4.78, 5) is 73.1. The number of unbranched alkanes of at least 4 members (excludes halogenated alkanes) is 47. The van der Waals surface area contributed by atoms with E-state index in [0.29, 0.717) is 31.6 Å². The molecule has 0 radical (unpaired) electrons. The monoisotopic (exact) mass is 1520 g/mol. The number of hydrogen-bond acceptors (Lipinski definition) is 15. The van der Waals surface area contributed by atoms with Crippen LogP contribution in [0, 0.1) is 23.7 Å². The van der Waals surface area contributed by atoms with E-state index in [4.69, 9.17) is 37.0 Å². The lowest BCUT2D eigenvalue weighted by molar-refractivity contribution is -0.161. The second-order valence-corrected chi connectivity index (χ2v) is 35.2. The Hall–Kier alpha value is -1.94. The number of phosphoric acid groups is 2. The van der Waals surface area contributed by atoms with Crippen molar-refractivity contribution in [2.75, 3.05) is 39.6 Å². The Labute approximate surface area is 638 Å². The minimum Gasteiger partial charge on any atom is -0.462 e. The molecule has 0 rings (SSSR count). The molecule has 17 nitrogen and oxygen atoms in total. The normalized spacial score (nSPS) is 14.2. The molecule has 6 atom stereocenters. The maximum atomic E-state index is 13.1. The number of aliphatic hydroxyl groups is 1. The fraction of sp³-hybridized carbons (Fsp3) is 0.953. The molecule has 104 heavy (non-hydrogen) atoms. The molecular formula is C85H166O17P2. The van der Waals surface area contributed by atoms with Crippen LogP contribution in [0.4, 0.5) is 0 Å². The molecule has 0 saturated heterocycles. The molecule has 0 spiro atoms. The molecule has 0 saturated carbocycles. The van der Waals surface area contributed by atoms with Gasteiger partial charge in [-0.1, -0.05) is 389 Å². The summed E-state index contributed by atoms with van der Waals surface area (Å²) in [6, 6.07) is 0. The predicted octanol–water partition coefficient (Wildman–Crippen LogP) is 25.6. The van der Waals surface area contributed by atoms with E-state index in [1.807, 2.05) is 0 Å². The van der Waals surface area contributed by atoms with Crippen LogP contribution >= 0.6 is 15.6 Å². The van der Waals surface area contributed by atoms with Gasteiger partial charge in [-0.2, -0.15) is 0 Å². The van der Waals surface area contributed by atoms with Crippen LogP contribution in [0.2, 0.25) is 0 Å². The van der Waals surface area contributed by atoms with E-state index in [1.165, 1.54) is 238 Å². The van der Waals surface area contributed by atoms with Crippen LogP contribution < -0.4 is 0 Å². The van der Waals surface area contributed by atoms with Gasteiger partial charge < -0.3 is 33.8 Å². The predicted molar refractivity (Wildman–Crippen MR) is 428 cm³/mol. The summed E-state index contributed by atoms with van der Waals surface area (Å²) in [5.74, 6) is 1.02. The van der Waals surface area contributed by atoms with Crippen molar-refractivity contribution >= 4 is 39.5 Å². The second kappa shape index (κ2) is 73.8. The number of carbonyl (C=O) groups excluding carboxylic acids is 4. The Kier molecular flexibility index (Phi) is 72.5. The number of rotatable bonds is 82. The van der Waals surface area contributed by atoms with Gasteiger partial charge in [0.05, 0.1) is 26.4 Å². The van der Waals surface area contributed by atoms with E-state index in [0.717, 1.165) is 114 Å². The van der Waals surface area contributed by atoms with Crippen LogP contribution in [0.25, 0.3) is 0 Å². The van der Waals surface area contributed by atoms with Gasteiger partial charge in [0.15, 0.2) is 12.2 Å². The van der Waals surface area contributed by atoms with Crippen LogP contribution in [0.5, 0.6) is 0 Å². The highest BCUT2D eigenvalue weighted by molar-refractivity contribution is 7.47. The van der Waals surface area contributed by atoms with E-state index in [9.17, 15) is 43.2 Å². The molecule has 3 N–H and O–H groups in total. The molecule has 3 unspecified atom stereocenters. The summed E-state index contributed by atoms with van der Waals surface area (Å²) in [6.45, 7) is 14.3. The largest absolute Gasteiger partial charge is 0.472 e. The Morgan fingerprint density at radius 2 is 0.462 bits per heavy atom. The topological polar surface area (TPSA) is 237 Å². The van der Waals surface area contributed by atoms with E-state index in [-0.39, 0.29) is 25.7 Å². The van der Waals surface area contributed by atoms with Crippen molar-refractivity contribution in [3.63, 3.8) is 0 Å². The lowest BCUT2D eigenvalue weighted by atomic mass is 9.99. The van der Waals surface area contributed by atoms with E-state index in [2.05, 4.69) is 55.4 Å². The lowest BCUT2D eigenvalue weighted by Crippen LogP contribution is -2.30. The van der Waals surface area contributed by atoms with Crippen molar-refractivity contribution in [2.24, 2.45) is 23.7 Å². The number of carbonyl (C=O) groups is 4. The van der Waals surface area contributed by atoms with Crippen molar-refractivity contribution in [3.8, 4) is 0 Å². The molecule has 0 bridgehead atoms. The van der Waals surface area contributed by atoms with Crippen LogP contribution in [0.3, 0.4) is 0 Å². The number of hydrogen-bond donors (Lipinski definition) is 3. The molecule has 0 heterocycles. The first-order valence-corrected chi connectivity index (χ1v) is 46.7. The zero-order valence-electron chi connectivity index (χ0n) is 68.7. The van der Waals surface area contributed by atoms with Crippen molar-refractivity contribution < 1.29 is 80.2 Å². The highest BCUT2D eigenvalue weighted by Gasteiger charge is 2.30. The van der Waals surface area contributed by atoms with Crippen molar-refractivity contribution in [1.29, 1.82) is 0 Å². The average molecular weight is 1520 g/mol. The summed E-state index contributed by atoms with van der Waals surface area (Å²) in [7, 11) is -9.93. The molecular weight excluding hydrogens is 1350 g/mol. The Bertz CT molecular complexity index is 2030. The van der Waals surface area contributed by atoms with Gasteiger partial charge in [0.25, 0.3) is 0 Å². The Morgan fingerprint density at radius 1 is 0.269 bits per heavy atom. The smallest absolute Gasteiger partial charge is 0.462 e. The van der Waals surface area contributed by atoms with Gasteiger partial charge in [-0.15, -0.1) is 0 Å². The third kappa shape index (κ3) is 76.8. The number of aliphatic hydroxyl groups excluding tert-OH is 1. The number of phosphoric ester groups is 2. The molecule has 0 fully saturated rings. The van der Waals surface area contributed by atoms with Crippen LogP contribution in [0.15, 0.2) is 0 Å². The van der Waals surface area contributed by atoms with E-state index >= 15 is 0 Å². The molecule has 0 aromatic carbocycles. The highest BCUT2D eigenvalue weighted by atomic mass is 31.2. The molecule has 0 aromatic heterocycles. The van der Waals surface area contributed by atoms with Gasteiger partial charge in [0.1, 0.15) is 19.3 Å². The minimum atomic E-state index is -4.97. The molecule has 0 aromatic rings. The average Bonchev–Trinajstić information content (AvgIpc) is 0.904. The summed E-state index contributed by atoms with van der Waals surface area (Å²) in [6.07, 6.45) is 62.6. The summed E-state index contributed by atoms with van der Waals surface area (Å²) >= 11 is 0. The first kappa shape index (κ1) is 102. The summed E-state index contributed by atoms with van der Waals surface area (Å²) < 4.78 is 68.8. The third-order valence-electron chi connectivity index (χ3n) is 20.2. The van der Waals surface area contributed by atoms with Gasteiger partial charge in [-0.3, -0.25) is 37.3 Å². The van der Waals surface area contributed by atoms with Gasteiger partial charge in [0, 0.05) is 25.7 Å².